The molecule has 0 aromatic carbocycles. The lowest BCUT2D eigenvalue weighted by atomic mass is 9.96. The Bertz CT molecular complexity index is 771. The molecule has 0 amide bonds. The van der Waals surface area contributed by atoms with E-state index in [9.17, 15) is 31.0 Å². The molecule has 1 aliphatic carbocycles. The third kappa shape index (κ3) is 5.56. The fourth-order valence-corrected chi connectivity index (χ4v) is 4.85. The molecule has 3 rings (SSSR count). The lowest BCUT2D eigenvalue weighted by Gasteiger charge is -2.45. The topological polar surface area (TPSA) is 202 Å². The Balaban J connectivity index is 1.89. The number of nitrogens with one attached hydrogen (secondary N) is 1. The van der Waals surface area contributed by atoms with Crippen molar-refractivity contribution < 1.29 is 57.8 Å². The van der Waals surface area contributed by atoms with Crippen molar-refractivity contribution in [1.82, 2.24) is 4.72 Å². The summed E-state index contributed by atoms with van der Waals surface area (Å²) in [5, 5.41) is 10.6. The standard InChI is InChI=1S/C12H21NO13S3/c1-11(2)22-9-8(24-28(17)18)7(23-27(15)16)5-21-12(9,26-11)10(14)13-29(19,20)25-6-3-4-6/h6-10,13-14H,3-5H2,1-2H3,(H,15,16)(H,17,18)/p-2/t7-,8-,9+,10?,12-/m1/s1. The molecule has 170 valence electrons. The molecule has 2 aliphatic heterocycles. The molecule has 2 saturated heterocycles. The lowest BCUT2D eigenvalue weighted by Crippen LogP contribution is -2.68. The second kappa shape index (κ2) is 8.41. The summed E-state index contributed by atoms with van der Waals surface area (Å²) in [7, 11) is -4.43. The summed E-state index contributed by atoms with van der Waals surface area (Å²) in [6, 6.07) is 0. The molecule has 7 atom stereocenters. The number of hydrogen-bond acceptors (Lipinski definition) is 13. The molecule has 29 heavy (non-hydrogen) atoms. The normalized spacial score (nSPS) is 37.6. The van der Waals surface area contributed by atoms with Crippen LogP contribution in [0.3, 0.4) is 0 Å². The van der Waals surface area contributed by atoms with Gasteiger partial charge in [-0.05, 0) is 26.7 Å². The van der Waals surface area contributed by atoms with Crippen LogP contribution in [0.1, 0.15) is 26.7 Å². The van der Waals surface area contributed by atoms with Gasteiger partial charge in [0.1, 0.15) is 18.3 Å². The molecule has 1 saturated carbocycles. The molecular weight excluding hydrogens is 462 g/mol. The van der Waals surface area contributed by atoms with Gasteiger partial charge in [0, 0.05) is 0 Å². The minimum Gasteiger partial charge on any atom is -0.750 e. The van der Waals surface area contributed by atoms with Gasteiger partial charge in [0.15, 0.2) is 12.0 Å². The molecule has 2 heterocycles. The molecule has 0 aromatic heterocycles. The quantitative estimate of drug-likeness (QED) is 0.260. The fraction of sp³-hybridized carbons (Fsp3) is 1.00. The van der Waals surface area contributed by atoms with Gasteiger partial charge in [-0.1, -0.05) is 0 Å². The third-order valence-electron chi connectivity index (χ3n) is 4.17. The van der Waals surface area contributed by atoms with Crippen molar-refractivity contribution in [2.24, 2.45) is 0 Å². The average molecular weight is 481 g/mol. The highest BCUT2D eigenvalue weighted by Crippen LogP contribution is 2.45. The van der Waals surface area contributed by atoms with Crippen LogP contribution in [0.15, 0.2) is 0 Å². The Kier molecular flexibility index (Phi) is 6.82. The molecule has 14 nitrogen and oxygen atoms in total. The summed E-state index contributed by atoms with van der Waals surface area (Å²) >= 11 is -6.22. The van der Waals surface area contributed by atoms with Crippen molar-refractivity contribution in [3.05, 3.63) is 0 Å². The van der Waals surface area contributed by atoms with Gasteiger partial charge in [-0.25, -0.2) is 8.42 Å². The van der Waals surface area contributed by atoms with Gasteiger partial charge in [-0.3, -0.25) is 12.5 Å². The van der Waals surface area contributed by atoms with Crippen LogP contribution < -0.4 is 4.72 Å². The van der Waals surface area contributed by atoms with Crippen LogP contribution in [-0.2, 0) is 59.8 Å². The van der Waals surface area contributed by atoms with Crippen molar-refractivity contribution in [1.29, 1.82) is 0 Å². The SMILES string of the molecule is CC1(C)O[C@H]2[C@H](OS(=O)[O-])[C@H](OS(=O)[O-])CO[C@@]2(C(O)NS(=O)(=O)OC2CC2)O1. The van der Waals surface area contributed by atoms with Gasteiger partial charge in [0.25, 0.3) is 0 Å². The smallest absolute Gasteiger partial charge is 0.338 e. The first kappa shape index (κ1) is 23.5. The van der Waals surface area contributed by atoms with Gasteiger partial charge in [-0.2, -0.15) is 13.1 Å². The highest BCUT2D eigenvalue weighted by Gasteiger charge is 2.66. The summed E-state index contributed by atoms with van der Waals surface area (Å²) in [4.78, 5) is 0. The Labute approximate surface area is 171 Å². The predicted octanol–water partition coefficient (Wildman–Crippen LogP) is -2.45. The maximum atomic E-state index is 12.1. The summed E-state index contributed by atoms with van der Waals surface area (Å²) in [6.45, 7) is 2.12. The summed E-state index contributed by atoms with van der Waals surface area (Å²) in [5.41, 5.74) is 0. The van der Waals surface area contributed by atoms with Crippen molar-refractivity contribution in [2.45, 2.75) is 68.9 Å². The molecule has 3 fully saturated rings. The Morgan fingerprint density at radius 2 is 1.83 bits per heavy atom. The molecule has 0 bridgehead atoms. The van der Waals surface area contributed by atoms with E-state index in [0.29, 0.717) is 12.8 Å². The first-order valence-corrected chi connectivity index (χ1v) is 11.7. The van der Waals surface area contributed by atoms with E-state index in [1.165, 1.54) is 13.8 Å². The zero-order valence-electron chi connectivity index (χ0n) is 15.1. The van der Waals surface area contributed by atoms with Crippen LogP contribution in [0.25, 0.3) is 0 Å². The van der Waals surface area contributed by atoms with Crippen LogP contribution in [0.2, 0.25) is 0 Å². The monoisotopic (exact) mass is 481 g/mol. The number of ether oxygens (including phenoxy) is 3. The van der Waals surface area contributed by atoms with Gasteiger partial charge in [0.2, 0.25) is 5.79 Å². The number of hydrogen-bond donors (Lipinski definition) is 2. The van der Waals surface area contributed by atoms with E-state index in [2.05, 4.69) is 4.18 Å². The van der Waals surface area contributed by atoms with Crippen molar-refractivity contribution in [2.75, 3.05) is 6.61 Å². The Morgan fingerprint density at radius 3 is 2.38 bits per heavy atom. The molecule has 3 aliphatic rings. The zero-order chi connectivity index (χ0) is 21.6. The van der Waals surface area contributed by atoms with Crippen LogP contribution >= 0.6 is 0 Å². The second-order valence-electron chi connectivity index (χ2n) is 6.95. The van der Waals surface area contributed by atoms with E-state index in [4.69, 9.17) is 22.6 Å². The first-order valence-electron chi connectivity index (χ1n) is 8.27. The lowest BCUT2D eigenvalue weighted by molar-refractivity contribution is -0.324. The summed E-state index contributed by atoms with van der Waals surface area (Å²) in [5.74, 6) is -3.80. The van der Waals surface area contributed by atoms with E-state index < -0.39 is 81.9 Å². The molecule has 0 radical (unpaired) electrons. The van der Waals surface area contributed by atoms with Crippen LogP contribution in [0.5, 0.6) is 0 Å². The van der Waals surface area contributed by atoms with E-state index in [-0.39, 0.29) is 0 Å². The number of aliphatic hydroxyl groups excluding tert-OH is 1. The van der Waals surface area contributed by atoms with Crippen molar-refractivity contribution in [3.8, 4) is 0 Å². The van der Waals surface area contributed by atoms with E-state index >= 15 is 0 Å². The summed E-state index contributed by atoms with van der Waals surface area (Å²) < 4.78 is 101. The third-order valence-corrected chi connectivity index (χ3v) is 5.99. The van der Waals surface area contributed by atoms with Gasteiger partial charge in [-0.15, -0.1) is 0 Å². The molecule has 17 heteroatoms. The molecule has 0 spiro atoms. The van der Waals surface area contributed by atoms with Gasteiger partial charge < -0.3 is 28.4 Å². The van der Waals surface area contributed by atoms with E-state index in [0.717, 1.165) is 0 Å². The first-order chi connectivity index (χ1) is 13.3. The maximum absolute atomic E-state index is 12.1. The Hall–Kier alpha value is -0.150. The van der Waals surface area contributed by atoms with Crippen LogP contribution in [0.4, 0.5) is 0 Å². The van der Waals surface area contributed by atoms with Gasteiger partial charge >= 0.3 is 10.3 Å². The number of fused-ring (bicyclic) bond motifs is 1. The molecule has 3 unspecified atom stereocenters. The van der Waals surface area contributed by atoms with E-state index in [1.807, 2.05) is 4.72 Å². The summed E-state index contributed by atoms with van der Waals surface area (Å²) in [6.07, 6.45) is -6.35. The van der Waals surface area contributed by atoms with Gasteiger partial charge in [0.05, 0.1) is 35.4 Å². The van der Waals surface area contributed by atoms with Crippen molar-refractivity contribution in [3.63, 3.8) is 0 Å². The average Bonchev–Trinajstić information content (AvgIpc) is 3.28. The molecule has 2 N–H and O–H groups in total. The minimum absolute atomic E-state index is 0.513. The largest absolute Gasteiger partial charge is 0.750 e. The number of aliphatic hydroxyl groups is 1. The minimum atomic E-state index is -4.43. The highest BCUT2D eigenvalue weighted by atomic mass is 32.2. The van der Waals surface area contributed by atoms with Crippen molar-refractivity contribution >= 4 is 33.0 Å². The van der Waals surface area contributed by atoms with Crippen LogP contribution in [0, 0.1) is 0 Å². The number of rotatable bonds is 9. The highest BCUT2D eigenvalue weighted by molar-refractivity contribution is 7.84. The van der Waals surface area contributed by atoms with Crippen LogP contribution in [-0.4, -0.2) is 79.9 Å². The fourth-order valence-electron chi connectivity index (χ4n) is 3.03. The second-order valence-corrected chi connectivity index (χ2v) is 9.48. The maximum Gasteiger partial charge on any atom is 0.338 e. The molecular formula is C12H19NO13S3-2. The Morgan fingerprint density at radius 1 is 1.21 bits per heavy atom. The zero-order valence-corrected chi connectivity index (χ0v) is 17.5. The van der Waals surface area contributed by atoms with E-state index in [1.54, 1.807) is 0 Å². The molecule has 0 aromatic rings. The predicted molar refractivity (Wildman–Crippen MR) is 88.5 cm³/mol.